The molecule has 0 unspecified atom stereocenters. The minimum Gasteiger partial charge on any atom is -0.399 e. The van der Waals surface area contributed by atoms with Crippen LogP contribution in [0.15, 0.2) is 47.4 Å². The number of hydrogen-bond donors (Lipinski definition) is 1. The average molecular weight is 215 g/mol. The first-order valence-corrected chi connectivity index (χ1v) is 5.12. The van der Waals surface area contributed by atoms with Crippen LogP contribution >= 0.6 is 0 Å². The lowest BCUT2D eigenvalue weighted by Crippen LogP contribution is -2.22. The Morgan fingerprint density at radius 2 is 1.94 bits per heavy atom. The van der Waals surface area contributed by atoms with Crippen molar-refractivity contribution in [2.45, 2.75) is 13.0 Å². The number of nitrogens with zero attached hydrogens (tertiary/aromatic N) is 2. The minimum absolute atomic E-state index is 0.0713. The molecular weight excluding hydrogens is 202 g/mol. The average Bonchev–Trinajstić information content (AvgIpc) is 2.30. The van der Waals surface area contributed by atoms with Gasteiger partial charge in [-0.15, -0.1) is 0 Å². The summed E-state index contributed by atoms with van der Waals surface area (Å²) < 4.78 is 1.45. The van der Waals surface area contributed by atoms with E-state index in [2.05, 4.69) is 5.10 Å². The number of rotatable bonds is 3. The molecule has 0 saturated carbocycles. The van der Waals surface area contributed by atoms with Crippen molar-refractivity contribution in [3.63, 3.8) is 0 Å². The predicted molar refractivity (Wildman–Crippen MR) is 63.1 cm³/mol. The second kappa shape index (κ2) is 4.61. The molecule has 4 nitrogen and oxygen atoms in total. The van der Waals surface area contributed by atoms with Crippen LogP contribution in [-0.2, 0) is 13.0 Å². The molecule has 0 spiro atoms. The van der Waals surface area contributed by atoms with Crippen molar-refractivity contribution in [2.75, 3.05) is 5.73 Å². The lowest BCUT2D eigenvalue weighted by atomic mass is 10.1. The van der Waals surface area contributed by atoms with E-state index in [-0.39, 0.29) is 5.56 Å². The Hall–Kier alpha value is -2.10. The van der Waals surface area contributed by atoms with Crippen molar-refractivity contribution in [3.8, 4) is 0 Å². The second-order valence-electron chi connectivity index (χ2n) is 3.58. The third-order valence-corrected chi connectivity index (χ3v) is 2.38. The van der Waals surface area contributed by atoms with Gasteiger partial charge in [0.05, 0.1) is 0 Å². The molecule has 16 heavy (non-hydrogen) atoms. The van der Waals surface area contributed by atoms with Crippen LogP contribution in [0, 0.1) is 0 Å². The van der Waals surface area contributed by atoms with Crippen LogP contribution in [0.4, 0.5) is 5.69 Å². The summed E-state index contributed by atoms with van der Waals surface area (Å²) in [5.74, 6) is 0. The van der Waals surface area contributed by atoms with Crippen molar-refractivity contribution in [1.29, 1.82) is 0 Å². The van der Waals surface area contributed by atoms with Crippen LogP contribution in [0.1, 0.15) is 5.56 Å². The van der Waals surface area contributed by atoms with E-state index in [4.69, 9.17) is 5.73 Å². The van der Waals surface area contributed by atoms with Crippen LogP contribution in [0.25, 0.3) is 0 Å². The Labute approximate surface area is 93.3 Å². The van der Waals surface area contributed by atoms with Crippen molar-refractivity contribution < 1.29 is 0 Å². The first-order valence-electron chi connectivity index (χ1n) is 5.12. The summed E-state index contributed by atoms with van der Waals surface area (Å²) in [5.41, 5.74) is 7.41. The zero-order valence-corrected chi connectivity index (χ0v) is 8.84. The van der Waals surface area contributed by atoms with Crippen molar-refractivity contribution in [3.05, 3.63) is 58.5 Å². The van der Waals surface area contributed by atoms with Gasteiger partial charge in [-0.2, -0.15) is 5.10 Å². The molecule has 1 aromatic heterocycles. The van der Waals surface area contributed by atoms with Gasteiger partial charge in [-0.25, -0.2) is 4.68 Å². The van der Waals surface area contributed by atoms with E-state index in [9.17, 15) is 4.79 Å². The third kappa shape index (κ3) is 2.48. The highest BCUT2D eigenvalue weighted by molar-refractivity contribution is 5.39. The van der Waals surface area contributed by atoms with E-state index in [0.717, 1.165) is 17.7 Å². The fraction of sp³-hybridized carbons (Fsp3) is 0.167. The van der Waals surface area contributed by atoms with Crippen molar-refractivity contribution >= 4 is 5.69 Å². The number of anilines is 1. The lowest BCUT2D eigenvalue weighted by Gasteiger charge is -2.03. The standard InChI is InChI=1S/C12H13N3O/c13-11-5-3-10(4-6-11)7-9-15-12(16)2-1-8-14-15/h1-6,8H,7,9,13H2. The summed E-state index contributed by atoms with van der Waals surface area (Å²) >= 11 is 0. The van der Waals surface area contributed by atoms with Crippen LogP contribution < -0.4 is 11.3 Å². The fourth-order valence-corrected chi connectivity index (χ4v) is 1.47. The van der Waals surface area contributed by atoms with Crippen molar-refractivity contribution in [2.24, 2.45) is 0 Å². The molecular formula is C12H13N3O. The molecule has 2 rings (SSSR count). The van der Waals surface area contributed by atoms with Gasteiger partial charge < -0.3 is 5.73 Å². The monoisotopic (exact) mass is 215 g/mol. The number of nitrogens with two attached hydrogens (primary N) is 1. The molecule has 82 valence electrons. The van der Waals surface area contributed by atoms with Gasteiger partial charge >= 0.3 is 0 Å². The maximum absolute atomic E-state index is 11.4. The summed E-state index contributed by atoms with van der Waals surface area (Å²) in [4.78, 5) is 11.4. The van der Waals surface area contributed by atoms with Crippen LogP contribution in [0.3, 0.4) is 0 Å². The molecule has 0 aliphatic carbocycles. The Kier molecular flexibility index (Phi) is 3.00. The second-order valence-corrected chi connectivity index (χ2v) is 3.58. The molecule has 0 aliphatic heterocycles. The summed E-state index contributed by atoms with van der Waals surface area (Å²) in [5, 5.41) is 3.99. The van der Waals surface area contributed by atoms with E-state index in [1.165, 1.54) is 10.7 Å². The van der Waals surface area contributed by atoms with E-state index < -0.39 is 0 Å². The Bertz CT molecular complexity index is 516. The van der Waals surface area contributed by atoms with Crippen LogP contribution in [0.5, 0.6) is 0 Å². The molecule has 0 atom stereocenters. The highest BCUT2D eigenvalue weighted by atomic mass is 16.1. The van der Waals surface area contributed by atoms with Gasteiger partial charge in [-0.3, -0.25) is 4.79 Å². The first-order chi connectivity index (χ1) is 7.75. The van der Waals surface area contributed by atoms with E-state index in [1.54, 1.807) is 12.3 Å². The zero-order valence-electron chi connectivity index (χ0n) is 8.84. The molecule has 0 bridgehead atoms. The zero-order chi connectivity index (χ0) is 11.4. The van der Waals surface area contributed by atoms with Gasteiger partial charge in [0, 0.05) is 24.5 Å². The van der Waals surface area contributed by atoms with Crippen LogP contribution in [-0.4, -0.2) is 9.78 Å². The number of aryl methyl sites for hydroxylation is 2. The molecule has 1 heterocycles. The normalized spacial score (nSPS) is 10.2. The SMILES string of the molecule is Nc1ccc(CCn2ncccc2=O)cc1. The van der Waals surface area contributed by atoms with Crippen LogP contribution in [0.2, 0.25) is 0 Å². The summed E-state index contributed by atoms with van der Waals surface area (Å²) in [6.45, 7) is 0.587. The molecule has 4 heteroatoms. The van der Waals surface area contributed by atoms with Gasteiger partial charge in [0.2, 0.25) is 0 Å². The quantitative estimate of drug-likeness (QED) is 0.779. The predicted octanol–water partition coefficient (Wildman–Crippen LogP) is 1.07. The van der Waals surface area contributed by atoms with E-state index >= 15 is 0 Å². The molecule has 0 saturated heterocycles. The van der Waals surface area contributed by atoms with Gasteiger partial charge in [0.25, 0.3) is 5.56 Å². The molecule has 0 aliphatic rings. The summed E-state index contributed by atoms with van der Waals surface area (Å²) in [6, 6.07) is 10.8. The molecule has 2 aromatic rings. The van der Waals surface area contributed by atoms with Crippen molar-refractivity contribution in [1.82, 2.24) is 9.78 Å². The maximum Gasteiger partial charge on any atom is 0.266 e. The number of aromatic nitrogens is 2. The number of nitrogen functional groups attached to an aromatic ring is 1. The molecule has 0 fully saturated rings. The van der Waals surface area contributed by atoms with Gasteiger partial charge in [0.15, 0.2) is 0 Å². The highest BCUT2D eigenvalue weighted by Crippen LogP contribution is 2.06. The Morgan fingerprint density at radius 3 is 2.62 bits per heavy atom. The molecule has 2 N–H and O–H groups in total. The topological polar surface area (TPSA) is 60.9 Å². The number of benzene rings is 1. The smallest absolute Gasteiger partial charge is 0.266 e. The minimum atomic E-state index is -0.0713. The Morgan fingerprint density at radius 1 is 1.19 bits per heavy atom. The van der Waals surface area contributed by atoms with E-state index in [0.29, 0.717) is 6.54 Å². The van der Waals surface area contributed by atoms with Gasteiger partial charge in [-0.05, 0) is 30.2 Å². The highest BCUT2D eigenvalue weighted by Gasteiger charge is 1.97. The first kappa shape index (κ1) is 10.4. The largest absolute Gasteiger partial charge is 0.399 e. The molecule has 0 amide bonds. The van der Waals surface area contributed by atoms with Gasteiger partial charge in [0.1, 0.15) is 0 Å². The third-order valence-electron chi connectivity index (χ3n) is 2.38. The Balaban J connectivity index is 2.05. The fourth-order valence-electron chi connectivity index (χ4n) is 1.47. The van der Waals surface area contributed by atoms with Gasteiger partial charge in [-0.1, -0.05) is 12.1 Å². The lowest BCUT2D eigenvalue weighted by molar-refractivity contribution is 0.578. The molecule has 1 aromatic carbocycles. The molecule has 0 radical (unpaired) electrons. The van der Waals surface area contributed by atoms with E-state index in [1.807, 2.05) is 24.3 Å². The summed E-state index contributed by atoms with van der Waals surface area (Å²) in [6.07, 6.45) is 2.39. The number of hydrogen-bond acceptors (Lipinski definition) is 3. The maximum atomic E-state index is 11.4. The summed E-state index contributed by atoms with van der Waals surface area (Å²) in [7, 11) is 0.